The highest BCUT2D eigenvalue weighted by molar-refractivity contribution is 6.30. The molecule has 724 valence electrons. The Kier molecular flexibility index (Phi) is 37.1. The third kappa shape index (κ3) is 27.1. The predicted octanol–water partition coefficient (Wildman–Crippen LogP) is 16.5. The minimum absolute atomic E-state index is 0.0787. The van der Waals surface area contributed by atoms with Gasteiger partial charge in [0.15, 0.2) is 0 Å². The molecule has 12 amide bonds. The lowest BCUT2D eigenvalue weighted by atomic mass is 9.66. The van der Waals surface area contributed by atoms with Gasteiger partial charge in [0.25, 0.3) is 0 Å². The Morgan fingerprint density at radius 1 is 0.361 bits per heavy atom. The van der Waals surface area contributed by atoms with Crippen LogP contribution >= 0.6 is 23.2 Å². The molecule has 4 fully saturated rings. The van der Waals surface area contributed by atoms with Gasteiger partial charge in [-0.15, -0.1) is 0 Å². The minimum Gasteiger partial charge on any atom is -0.497 e. The highest BCUT2D eigenvalue weighted by Crippen LogP contribution is 2.51. The molecule has 0 spiro atoms. The second kappa shape index (κ2) is 46.0. The largest absolute Gasteiger partial charge is 0.497 e. The van der Waals surface area contributed by atoms with E-state index in [1.807, 2.05) is 253 Å². The van der Waals surface area contributed by atoms with Crippen LogP contribution in [0.4, 0.5) is 30.6 Å². The summed E-state index contributed by atoms with van der Waals surface area (Å²) in [6, 6.07) is 50.4. The van der Waals surface area contributed by atoms with Crippen LogP contribution in [0, 0.1) is 59.2 Å². The number of nitrogens with one attached hydrogen (secondary N) is 8. The summed E-state index contributed by atoms with van der Waals surface area (Å²) in [7, 11) is 1.58. The molecule has 7 aromatic rings. The highest BCUT2D eigenvalue weighted by Gasteiger charge is 2.55. The number of hydrogen-bond donors (Lipinski definition) is 12. The zero-order valence-corrected chi connectivity index (χ0v) is 83.1. The van der Waals surface area contributed by atoms with Gasteiger partial charge in [-0.3, -0.25) is 19.2 Å². The third-order valence-electron chi connectivity index (χ3n) is 26.6. The summed E-state index contributed by atoms with van der Waals surface area (Å²) in [6.45, 7) is 43.4. The molecule has 7 aromatic carbocycles. The number of para-hydroxylation sites is 1. The van der Waals surface area contributed by atoms with Crippen LogP contribution in [-0.2, 0) is 51.1 Å². The van der Waals surface area contributed by atoms with Crippen molar-refractivity contribution in [3.05, 3.63) is 231 Å². The van der Waals surface area contributed by atoms with Crippen molar-refractivity contribution in [1.29, 1.82) is 0 Å². The zero-order valence-electron chi connectivity index (χ0n) is 81.6. The van der Waals surface area contributed by atoms with Gasteiger partial charge < -0.3 is 92.0 Å². The van der Waals surface area contributed by atoms with Gasteiger partial charge in [-0.25, -0.2) is 24.0 Å². The summed E-state index contributed by atoms with van der Waals surface area (Å²) in [4.78, 5) is 123. The molecule has 4 heterocycles. The first-order valence-corrected chi connectivity index (χ1v) is 46.9. The average molecular weight is 1870 g/mol. The Bertz CT molecular complexity index is 5050. The molecule has 0 bridgehead atoms. The Morgan fingerprint density at radius 2 is 0.632 bits per heavy atom. The SMILES string of the molecule is CC(C)[C@@H](NC(=O)N[C@@H](C)c1ccccc1)C(=O)N1CCC(O)(c2ccc(Cl)cc2)C(C)(C)C1.CCOC(=O)C(C)NC(=O)N[C@@H](C(=O)N1CCC(O)(c2ccc(Cl)cc2)C(C)(C)C1)C(C)C.COc1ccc(NC(=O)N[C@@H](C(=O)N2CCC(O)(c3ccc(C)cc3)C(C)(C)C2)C(C)C)cc1.Cc1ccc(C2(O)CCN(C(=O)[C@H](NC(=O)Nc3ccccc3)C(C)C)CC2(C)C)cc1. The van der Waals surface area contributed by atoms with Gasteiger partial charge in [0.05, 0.1) is 42.2 Å². The molecule has 0 aromatic heterocycles. The normalized spacial score (nSPS) is 21.3. The van der Waals surface area contributed by atoms with Crippen molar-refractivity contribution in [1.82, 2.24) is 51.5 Å². The lowest BCUT2D eigenvalue weighted by molar-refractivity contribution is -0.156. The quantitative estimate of drug-likeness (QED) is 0.0250. The highest BCUT2D eigenvalue weighted by atomic mass is 35.5. The molecule has 0 saturated carbocycles. The number of piperidine rings is 4. The number of aryl methyl sites for hydroxylation is 2. The summed E-state index contributed by atoms with van der Waals surface area (Å²) in [5, 5.41) is 69.8. The second-order valence-corrected chi connectivity index (χ2v) is 40.7. The van der Waals surface area contributed by atoms with Gasteiger partial charge in [-0.2, -0.15) is 0 Å². The maximum absolute atomic E-state index is 13.5. The van der Waals surface area contributed by atoms with Gasteiger partial charge in [0.1, 0.15) is 36.0 Å². The van der Waals surface area contributed by atoms with Gasteiger partial charge in [0, 0.05) is 95.4 Å². The van der Waals surface area contributed by atoms with Crippen LogP contribution in [0.15, 0.2) is 182 Å². The van der Waals surface area contributed by atoms with Crippen molar-refractivity contribution in [3.63, 3.8) is 0 Å². The smallest absolute Gasteiger partial charge is 0.328 e. The molecule has 0 radical (unpaired) electrons. The molecule has 12 N–H and O–H groups in total. The fraction of sp³-hybridized carbons (Fsp3) is 0.510. The Hall–Kier alpha value is -10.8. The van der Waals surface area contributed by atoms with Crippen LogP contribution in [0.1, 0.15) is 202 Å². The maximum atomic E-state index is 13.5. The monoisotopic (exact) mass is 1870 g/mol. The van der Waals surface area contributed by atoms with Crippen molar-refractivity contribution in [2.24, 2.45) is 45.3 Å². The standard InChI is InChI=1S/C27H36ClN3O3.C27H37N3O4.C26H35N3O3.C24H36ClN3O5/c1-18(2)23(30-25(33)29-19(3)20-9-7-6-8-10-20)24(32)31-16-15-27(34,26(4,5)17-31)21-11-13-22(28)14-12-21;1-18(2)23(29-25(32)28-21-11-13-22(34-6)14-12-21)24(31)30-16-15-27(33,26(4,5)17-30)20-9-7-19(3)8-10-20;1-18(2)22(28-24(31)27-21-9-7-6-8-10-21)23(30)29-16-15-26(32,25(4,5)17-29)20-13-11-19(3)12-14-20;1-7-33-21(30)16(4)26-22(31)27-19(15(2)3)20(29)28-13-12-24(32,23(5,6)14-28)17-8-10-18(25)11-9-17/h6-14,18-19,23,34H,15-17H2,1-5H3,(H2,29,30,33);7-14,18,23,33H,15-17H2,1-6H3,(H2,28,29,32);6-14,18,22,32H,15-17H2,1-5H3,(H2,27,28,31);8-11,15-16,19,32H,7,12-14H2,1-6H3,(H2,26,27,31)/t19-,23+,27?;23-,27?;22-,26?;16?,19-,24?/m0111/s1. The van der Waals surface area contributed by atoms with E-state index in [4.69, 9.17) is 32.7 Å². The number of hydrogen-bond acceptors (Lipinski definition) is 15. The fourth-order valence-corrected chi connectivity index (χ4v) is 18.1. The van der Waals surface area contributed by atoms with E-state index in [0.717, 1.165) is 38.9 Å². The van der Waals surface area contributed by atoms with Crippen molar-refractivity contribution in [2.75, 3.05) is 76.7 Å². The van der Waals surface area contributed by atoms with Crippen molar-refractivity contribution >= 4 is 88.3 Å². The molecule has 11 rings (SSSR count). The Balaban J connectivity index is 0.000000218. The van der Waals surface area contributed by atoms with Crippen LogP contribution in [0.3, 0.4) is 0 Å². The first-order valence-electron chi connectivity index (χ1n) is 46.2. The number of rotatable bonds is 24. The van der Waals surface area contributed by atoms with Crippen LogP contribution in [0.25, 0.3) is 0 Å². The van der Waals surface area contributed by atoms with E-state index in [1.165, 1.54) is 6.92 Å². The molecular weight excluding hydrogens is 1730 g/mol. The Morgan fingerprint density at radius 3 is 0.910 bits per heavy atom. The van der Waals surface area contributed by atoms with Crippen LogP contribution < -0.4 is 47.3 Å². The zero-order chi connectivity index (χ0) is 98.7. The molecule has 0 aliphatic carbocycles. The first kappa shape index (κ1) is 108. The fourth-order valence-electron chi connectivity index (χ4n) is 17.9. The van der Waals surface area contributed by atoms with Gasteiger partial charge in [0.2, 0.25) is 23.6 Å². The van der Waals surface area contributed by atoms with E-state index in [0.29, 0.717) is 105 Å². The number of likely N-dealkylation sites (tertiary alicyclic amines) is 4. The average Bonchev–Trinajstić information content (AvgIpc) is 0.763. The number of carbonyl (C=O) groups excluding carboxylic acids is 9. The van der Waals surface area contributed by atoms with E-state index in [-0.39, 0.29) is 66.0 Å². The molecule has 4 aliphatic heterocycles. The van der Waals surface area contributed by atoms with Crippen LogP contribution in [-0.4, -0.2) is 190 Å². The number of ether oxygens (including phenoxy) is 2. The summed E-state index contributed by atoms with van der Waals surface area (Å²) < 4.78 is 10.0. The predicted molar refractivity (Wildman–Crippen MR) is 523 cm³/mol. The molecule has 5 unspecified atom stereocenters. The number of nitrogens with zero attached hydrogens (tertiary/aromatic N) is 4. The first-order chi connectivity index (χ1) is 62.3. The summed E-state index contributed by atoms with van der Waals surface area (Å²) in [5.74, 6) is -0.925. The summed E-state index contributed by atoms with van der Waals surface area (Å²) in [5.41, 5.74) is 1.21. The minimum atomic E-state index is -1.12. The molecule has 29 heteroatoms. The van der Waals surface area contributed by atoms with Crippen molar-refractivity contribution in [3.8, 4) is 5.75 Å². The van der Waals surface area contributed by atoms with E-state index < -0.39 is 98.3 Å². The van der Waals surface area contributed by atoms with Crippen LogP contribution in [0.5, 0.6) is 5.75 Å². The number of aliphatic hydroxyl groups is 4. The van der Waals surface area contributed by atoms with Crippen molar-refractivity contribution < 1.29 is 73.1 Å². The van der Waals surface area contributed by atoms with Gasteiger partial charge >= 0.3 is 30.1 Å². The number of methoxy groups -OCH3 is 1. The molecule has 27 nitrogen and oxygen atoms in total. The number of amides is 12. The van der Waals surface area contributed by atoms with Crippen molar-refractivity contribution in [2.45, 2.75) is 230 Å². The number of halogens is 2. The Labute approximate surface area is 796 Å². The van der Waals surface area contributed by atoms with E-state index in [2.05, 4.69) is 42.5 Å². The number of urea groups is 4. The molecular formula is C104H144Cl2N12O15. The summed E-state index contributed by atoms with van der Waals surface area (Å²) in [6.07, 6.45) is 1.62. The number of benzene rings is 7. The molecule has 4 aliphatic rings. The van der Waals surface area contributed by atoms with E-state index in [1.54, 1.807) is 94.3 Å². The molecule has 133 heavy (non-hydrogen) atoms. The molecule has 4 saturated heterocycles. The molecule has 10 atom stereocenters. The van der Waals surface area contributed by atoms with Crippen LogP contribution in [0.2, 0.25) is 10.0 Å². The second-order valence-electron chi connectivity index (χ2n) is 39.8. The lowest BCUT2D eigenvalue weighted by Gasteiger charge is -2.51. The number of esters is 1. The topological polar surface area (TPSA) is 362 Å². The number of anilines is 2. The lowest BCUT2D eigenvalue weighted by Crippen LogP contribution is -2.61. The maximum Gasteiger partial charge on any atom is 0.328 e. The van der Waals surface area contributed by atoms with E-state index in [9.17, 15) is 63.6 Å². The summed E-state index contributed by atoms with van der Waals surface area (Å²) >= 11 is 12.0. The van der Waals surface area contributed by atoms with Gasteiger partial charge in [-0.05, 0) is 172 Å². The third-order valence-corrected chi connectivity index (χ3v) is 27.1. The van der Waals surface area contributed by atoms with E-state index >= 15 is 0 Å². The van der Waals surface area contributed by atoms with Gasteiger partial charge in [-0.1, -0.05) is 266 Å². The number of carbonyl (C=O) groups is 9.